The first kappa shape index (κ1) is 24.0. The van der Waals surface area contributed by atoms with E-state index in [1.165, 1.54) is 28.6 Å². The van der Waals surface area contributed by atoms with Crippen LogP contribution in [0.4, 0.5) is 6.01 Å². The first-order valence-electron chi connectivity index (χ1n) is 10.7. The molecule has 0 spiro atoms. The Balaban J connectivity index is 1.43. The van der Waals surface area contributed by atoms with E-state index in [1.54, 1.807) is 37.3 Å². The number of hydrogen-bond acceptors (Lipinski definition) is 8. The quantitative estimate of drug-likeness (QED) is 0.518. The predicted molar refractivity (Wildman–Crippen MR) is 124 cm³/mol. The van der Waals surface area contributed by atoms with Crippen molar-refractivity contribution in [2.45, 2.75) is 29.6 Å². The molecule has 1 amide bonds. The normalized spacial score (nSPS) is 17.4. The summed E-state index contributed by atoms with van der Waals surface area (Å²) in [4.78, 5) is 13.2. The maximum atomic E-state index is 12.9. The average Bonchev–Trinajstić information content (AvgIpc) is 3.33. The van der Waals surface area contributed by atoms with Crippen LogP contribution in [0.15, 0.2) is 68.8 Å². The van der Waals surface area contributed by atoms with E-state index in [4.69, 9.17) is 4.42 Å². The highest BCUT2D eigenvalue weighted by molar-refractivity contribution is 7.91. The van der Waals surface area contributed by atoms with Gasteiger partial charge in [0.2, 0.25) is 21.8 Å². The number of benzene rings is 2. The van der Waals surface area contributed by atoms with Crippen LogP contribution in [0.2, 0.25) is 0 Å². The Labute approximate surface area is 198 Å². The lowest BCUT2D eigenvalue weighted by atomic mass is 9.99. The summed E-state index contributed by atoms with van der Waals surface area (Å²) < 4.78 is 56.5. The summed E-state index contributed by atoms with van der Waals surface area (Å²) in [7, 11) is -7.01. The Morgan fingerprint density at radius 3 is 2.41 bits per heavy atom. The van der Waals surface area contributed by atoms with Crippen LogP contribution < -0.4 is 5.32 Å². The van der Waals surface area contributed by atoms with E-state index in [-0.39, 0.29) is 34.0 Å². The molecule has 1 aromatic heterocycles. The smallest absolute Gasteiger partial charge is 0.322 e. The molecule has 1 fully saturated rings. The fourth-order valence-corrected chi connectivity index (χ4v) is 6.11. The first-order chi connectivity index (χ1) is 16.2. The highest BCUT2D eigenvalue weighted by atomic mass is 32.2. The minimum atomic E-state index is -3.69. The van der Waals surface area contributed by atoms with Gasteiger partial charge in [-0.3, -0.25) is 10.1 Å². The molecule has 0 bridgehead atoms. The van der Waals surface area contributed by atoms with Gasteiger partial charge in [0.15, 0.2) is 9.84 Å². The maximum absolute atomic E-state index is 12.9. The average molecular weight is 505 g/mol. The van der Waals surface area contributed by atoms with Gasteiger partial charge in [0.25, 0.3) is 0 Å². The molecule has 180 valence electrons. The Morgan fingerprint density at radius 2 is 1.74 bits per heavy atom. The standard InChI is InChI=1S/C22H24N4O6S2/c1-2-33(28,29)18-12-10-16(11-13-18)21-24-25-22(32-21)23-20(27)17-7-6-14-26(15-17)34(30,31)19-8-4-3-5-9-19/h3-5,8-13,17H,2,6-7,14-15H2,1H3,(H,23,25,27). The van der Waals surface area contributed by atoms with Crippen molar-refractivity contribution in [1.82, 2.24) is 14.5 Å². The molecular weight excluding hydrogens is 480 g/mol. The zero-order valence-corrected chi connectivity index (χ0v) is 20.0. The van der Waals surface area contributed by atoms with Gasteiger partial charge in [-0.15, -0.1) is 5.10 Å². The van der Waals surface area contributed by atoms with Gasteiger partial charge in [-0.1, -0.05) is 30.2 Å². The van der Waals surface area contributed by atoms with Crippen molar-refractivity contribution in [2.24, 2.45) is 5.92 Å². The van der Waals surface area contributed by atoms with Crippen LogP contribution in [0.25, 0.3) is 11.5 Å². The first-order valence-corrected chi connectivity index (χ1v) is 13.8. The summed E-state index contributed by atoms with van der Waals surface area (Å²) in [6.07, 6.45) is 1.08. The zero-order valence-electron chi connectivity index (χ0n) is 18.4. The highest BCUT2D eigenvalue weighted by Crippen LogP contribution is 2.26. The second kappa shape index (κ2) is 9.65. The van der Waals surface area contributed by atoms with Gasteiger partial charge < -0.3 is 4.42 Å². The molecular formula is C22H24N4O6S2. The van der Waals surface area contributed by atoms with Gasteiger partial charge in [0, 0.05) is 18.7 Å². The van der Waals surface area contributed by atoms with E-state index in [0.717, 1.165) is 0 Å². The van der Waals surface area contributed by atoms with E-state index < -0.39 is 31.7 Å². The molecule has 10 nitrogen and oxygen atoms in total. The monoisotopic (exact) mass is 504 g/mol. The zero-order chi connectivity index (χ0) is 24.3. The molecule has 1 atom stereocenters. The minimum absolute atomic E-state index is 0.00563. The maximum Gasteiger partial charge on any atom is 0.322 e. The Kier molecular flexibility index (Phi) is 6.82. The number of nitrogens with zero attached hydrogens (tertiary/aromatic N) is 3. The molecule has 1 N–H and O–H groups in total. The largest absolute Gasteiger partial charge is 0.403 e. The summed E-state index contributed by atoms with van der Waals surface area (Å²) in [5, 5.41) is 10.3. The van der Waals surface area contributed by atoms with Gasteiger partial charge in [-0.05, 0) is 49.2 Å². The molecule has 1 saturated heterocycles. The number of aromatic nitrogens is 2. The lowest BCUT2D eigenvalue weighted by Gasteiger charge is -2.30. The number of sulfonamides is 1. The van der Waals surface area contributed by atoms with E-state index in [2.05, 4.69) is 15.5 Å². The fourth-order valence-electron chi connectivity index (χ4n) is 3.69. The molecule has 1 unspecified atom stereocenters. The van der Waals surface area contributed by atoms with Crippen LogP contribution in [-0.4, -0.2) is 56.1 Å². The molecule has 2 aromatic carbocycles. The Bertz CT molecular complexity index is 1370. The summed E-state index contributed by atoms with van der Waals surface area (Å²) >= 11 is 0. The van der Waals surface area contributed by atoms with Gasteiger partial charge in [-0.25, -0.2) is 16.8 Å². The van der Waals surface area contributed by atoms with Gasteiger partial charge in [0.1, 0.15) is 0 Å². The van der Waals surface area contributed by atoms with Crippen molar-refractivity contribution in [3.8, 4) is 11.5 Å². The lowest BCUT2D eigenvalue weighted by Crippen LogP contribution is -2.43. The van der Waals surface area contributed by atoms with Crippen LogP contribution in [0.1, 0.15) is 19.8 Å². The fraction of sp³-hybridized carbons (Fsp3) is 0.318. The van der Waals surface area contributed by atoms with Crippen LogP contribution in [-0.2, 0) is 24.7 Å². The van der Waals surface area contributed by atoms with Crippen LogP contribution in [0, 0.1) is 5.92 Å². The van der Waals surface area contributed by atoms with Crippen molar-refractivity contribution in [1.29, 1.82) is 0 Å². The predicted octanol–water partition coefficient (Wildman–Crippen LogP) is 2.57. The van der Waals surface area contributed by atoms with Gasteiger partial charge >= 0.3 is 6.01 Å². The second-order valence-corrected chi connectivity index (χ2v) is 12.1. The topological polar surface area (TPSA) is 140 Å². The number of amides is 1. The molecule has 0 saturated carbocycles. The Hall–Kier alpha value is -3.09. The van der Waals surface area contributed by atoms with Crippen molar-refractivity contribution >= 4 is 31.8 Å². The summed E-state index contributed by atoms with van der Waals surface area (Å²) in [6, 6.07) is 14.0. The third-order valence-electron chi connectivity index (χ3n) is 5.63. The molecule has 1 aliphatic heterocycles. The molecule has 4 rings (SSSR count). The van der Waals surface area contributed by atoms with E-state index in [9.17, 15) is 21.6 Å². The van der Waals surface area contributed by atoms with Crippen molar-refractivity contribution < 1.29 is 26.0 Å². The SMILES string of the molecule is CCS(=O)(=O)c1ccc(-c2nnc(NC(=O)C3CCCN(S(=O)(=O)c4ccccc4)C3)o2)cc1. The van der Waals surface area contributed by atoms with E-state index in [0.29, 0.717) is 24.9 Å². The molecule has 2 heterocycles. The van der Waals surface area contributed by atoms with Crippen LogP contribution in [0.3, 0.4) is 0 Å². The number of sulfone groups is 1. The molecule has 0 aliphatic carbocycles. The number of carbonyl (C=O) groups is 1. The molecule has 3 aromatic rings. The van der Waals surface area contributed by atoms with Crippen LogP contribution >= 0.6 is 0 Å². The summed E-state index contributed by atoms with van der Waals surface area (Å²) in [5.41, 5.74) is 0.501. The lowest BCUT2D eigenvalue weighted by molar-refractivity contribution is -0.121. The summed E-state index contributed by atoms with van der Waals surface area (Å²) in [6.45, 7) is 1.96. The van der Waals surface area contributed by atoms with Crippen molar-refractivity contribution in [3.63, 3.8) is 0 Å². The third-order valence-corrected chi connectivity index (χ3v) is 9.26. The van der Waals surface area contributed by atoms with E-state index >= 15 is 0 Å². The number of rotatable bonds is 7. The number of carbonyl (C=O) groups excluding carboxylic acids is 1. The van der Waals surface area contributed by atoms with Crippen molar-refractivity contribution in [3.05, 3.63) is 54.6 Å². The number of hydrogen-bond donors (Lipinski definition) is 1. The Morgan fingerprint density at radius 1 is 1.03 bits per heavy atom. The molecule has 0 radical (unpaired) electrons. The molecule has 12 heteroatoms. The molecule has 34 heavy (non-hydrogen) atoms. The third kappa shape index (κ3) is 5.03. The van der Waals surface area contributed by atoms with Crippen LogP contribution in [0.5, 0.6) is 0 Å². The minimum Gasteiger partial charge on any atom is -0.403 e. The van der Waals surface area contributed by atoms with Gasteiger partial charge in [-0.2, -0.15) is 4.31 Å². The highest BCUT2D eigenvalue weighted by Gasteiger charge is 2.33. The van der Waals surface area contributed by atoms with E-state index in [1.807, 2.05) is 0 Å². The number of piperidine rings is 1. The number of anilines is 1. The number of nitrogens with one attached hydrogen (secondary N) is 1. The molecule has 1 aliphatic rings. The summed E-state index contributed by atoms with van der Waals surface area (Å²) in [5.74, 6) is -0.865. The van der Waals surface area contributed by atoms with Crippen molar-refractivity contribution in [2.75, 3.05) is 24.2 Å². The second-order valence-electron chi connectivity index (χ2n) is 7.84. The van der Waals surface area contributed by atoms with Gasteiger partial charge in [0.05, 0.1) is 21.5 Å².